The molecule has 1 rings (SSSR count). The number of nitrogens with one attached hydrogen (secondary N) is 1. The highest BCUT2D eigenvalue weighted by molar-refractivity contribution is 7.89. The summed E-state index contributed by atoms with van der Waals surface area (Å²) in [6.07, 6.45) is 0.623. The zero-order valence-corrected chi connectivity index (χ0v) is 10.4. The molecule has 90 valence electrons. The molecule has 0 aliphatic carbocycles. The van der Waals surface area contributed by atoms with E-state index >= 15 is 0 Å². The lowest BCUT2D eigenvalue weighted by atomic mass is 10.2. The van der Waals surface area contributed by atoms with E-state index in [2.05, 4.69) is 4.72 Å². The van der Waals surface area contributed by atoms with Crippen molar-refractivity contribution in [2.45, 2.75) is 19.9 Å². The standard InChI is InChI=1S/C11H17NO3S/c1-3-8-16(13,14)12-9-10-4-6-11(15-2)7-5-10/h4-7,12H,3,8-9H2,1-2H3. The molecule has 0 atom stereocenters. The minimum Gasteiger partial charge on any atom is -0.497 e. The minimum atomic E-state index is -3.13. The molecule has 0 spiro atoms. The van der Waals surface area contributed by atoms with Gasteiger partial charge in [0.1, 0.15) is 5.75 Å². The molecule has 0 saturated heterocycles. The van der Waals surface area contributed by atoms with Crippen molar-refractivity contribution in [2.75, 3.05) is 12.9 Å². The van der Waals surface area contributed by atoms with Crippen LogP contribution >= 0.6 is 0 Å². The van der Waals surface area contributed by atoms with Gasteiger partial charge in [-0.1, -0.05) is 19.1 Å². The zero-order chi connectivity index (χ0) is 12.0. The highest BCUT2D eigenvalue weighted by Gasteiger charge is 2.07. The van der Waals surface area contributed by atoms with Crippen LogP contribution in [0.2, 0.25) is 0 Å². The summed E-state index contributed by atoms with van der Waals surface area (Å²) in [4.78, 5) is 0. The molecule has 5 heteroatoms. The molecule has 0 heterocycles. The average molecular weight is 243 g/mol. The van der Waals surface area contributed by atoms with Crippen LogP contribution < -0.4 is 9.46 Å². The second-order valence-corrected chi connectivity index (χ2v) is 5.41. The van der Waals surface area contributed by atoms with Gasteiger partial charge in [0.05, 0.1) is 12.9 Å². The van der Waals surface area contributed by atoms with E-state index < -0.39 is 10.0 Å². The number of hydrogen-bond donors (Lipinski definition) is 1. The number of rotatable bonds is 6. The van der Waals surface area contributed by atoms with Crippen molar-refractivity contribution in [1.29, 1.82) is 0 Å². The summed E-state index contributed by atoms with van der Waals surface area (Å²) in [7, 11) is -1.53. The normalized spacial score (nSPS) is 11.4. The highest BCUT2D eigenvalue weighted by atomic mass is 32.2. The van der Waals surface area contributed by atoms with Crippen molar-refractivity contribution in [2.24, 2.45) is 0 Å². The van der Waals surface area contributed by atoms with Gasteiger partial charge < -0.3 is 4.74 Å². The maximum atomic E-state index is 11.4. The molecule has 0 unspecified atom stereocenters. The zero-order valence-electron chi connectivity index (χ0n) is 9.56. The summed E-state index contributed by atoms with van der Waals surface area (Å²) in [5.74, 6) is 0.934. The monoisotopic (exact) mass is 243 g/mol. The molecule has 16 heavy (non-hydrogen) atoms. The predicted octanol–water partition coefficient (Wildman–Crippen LogP) is 1.52. The van der Waals surface area contributed by atoms with Crippen molar-refractivity contribution < 1.29 is 13.2 Å². The Morgan fingerprint density at radius 2 is 1.88 bits per heavy atom. The molecule has 0 amide bonds. The molecular weight excluding hydrogens is 226 g/mol. The van der Waals surface area contributed by atoms with Gasteiger partial charge >= 0.3 is 0 Å². The first-order valence-corrected chi connectivity index (χ1v) is 6.83. The molecule has 0 aliphatic rings. The van der Waals surface area contributed by atoms with E-state index in [0.29, 0.717) is 13.0 Å². The maximum Gasteiger partial charge on any atom is 0.211 e. The lowest BCUT2D eigenvalue weighted by Crippen LogP contribution is -2.25. The van der Waals surface area contributed by atoms with Crippen molar-refractivity contribution in [3.63, 3.8) is 0 Å². The Morgan fingerprint density at radius 3 is 2.38 bits per heavy atom. The molecule has 0 bridgehead atoms. The first-order valence-electron chi connectivity index (χ1n) is 5.17. The van der Waals surface area contributed by atoms with Gasteiger partial charge in [0, 0.05) is 6.54 Å². The highest BCUT2D eigenvalue weighted by Crippen LogP contribution is 2.11. The van der Waals surface area contributed by atoms with Gasteiger partial charge in [-0.2, -0.15) is 0 Å². The summed E-state index contributed by atoms with van der Waals surface area (Å²) in [5, 5.41) is 0. The molecule has 4 nitrogen and oxygen atoms in total. The fourth-order valence-corrected chi connectivity index (χ4v) is 2.35. The van der Waals surface area contributed by atoms with E-state index in [9.17, 15) is 8.42 Å². The second-order valence-electron chi connectivity index (χ2n) is 3.49. The van der Waals surface area contributed by atoms with Crippen molar-refractivity contribution in [3.8, 4) is 5.75 Å². The predicted molar refractivity (Wildman–Crippen MR) is 63.9 cm³/mol. The van der Waals surface area contributed by atoms with E-state index in [-0.39, 0.29) is 5.75 Å². The molecule has 1 N–H and O–H groups in total. The van der Waals surface area contributed by atoms with Gasteiger partial charge in [-0.25, -0.2) is 13.1 Å². The third kappa shape index (κ3) is 4.20. The fraction of sp³-hybridized carbons (Fsp3) is 0.455. The van der Waals surface area contributed by atoms with E-state index in [1.807, 2.05) is 31.2 Å². The first-order chi connectivity index (χ1) is 7.57. The summed E-state index contributed by atoms with van der Waals surface area (Å²) in [5.41, 5.74) is 0.917. The van der Waals surface area contributed by atoms with Gasteiger partial charge in [0.2, 0.25) is 10.0 Å². The molecule has 0 fully saturated rings. The minimum absolute atomic E-state index is 0.170. The molecule has 1 aromatic carbocycles. The van der Waals surface area contributed by atoms with Gasteiger partial charge in [-0.15, -0.1) is 0 Å². The number of methoxy groups -OCH3 is 1. The van der Waals surface area contributed by atoms with Crippen molar-refractivity contribution in [3.05, 3.63) is 29.8 Å². The Morgan fingerprint density at radius 1 is 1.25 bits per heavy atom. The van der Waals surface area contributed by atoms with Gasteiger partial charge in [-0.3, -0.25) is 0 Å². The SMILES string of the molecule is CCCS(=O)(=O)NCc1ccc(OC)cc1. The quantitative estimate of drug-likeness (QED) is 0.824. The Hall–Kier alpha value is -1.07. The van der Waals surface area contributed by atoms with E-state index in [1.165, 1.54) is 0 Å². The summed E-state index contributed by atoms with van der Waals surface area (Å²) in [6.45, 7) is 2.17. The van der Waals surface area contributed by atoms with Gasteiger partial charge in [0.15, 0.2) is 0 Å². The van der Waals surface area contributed by atoms with Crippen molar-refractivity contribution >= 4 is 10.0 Å². The third-order valence-electron chi connectivity index (χ3n) is 2.13. The lowest BCUT2D eigenvalue weighted by molar-refractivity contribution is 0.414. The molecular formula is C11H17NO3S. The largest absolute Gasteiger partial charge is 0.497 e. The van der Waals surface area contributed by atoms with Gasteiger partial charge in [-0.05, 0) is 24.1 Å². The average Bonchev–Trinajstić information content (AvgIpc) is 2.27. The van der Waals surface area contributed by atoms with Gasteiger partial charge in [0.25, 0.3) is 0 Å². The fourth-order valence-electron chi connectivity index (χ4n) is 1.28. The Kier molecular flexibility index (Phi) is 4.76. The van der Waals surface area contributed by atoms with Crippen LogP contribution in [0.15, 0.2) is 24.3 Å². The first kappa shape index (κ1) is 13.0. The van der Waals surface area contributed by atoms with Crippen LogP contribution in [-0.2, 0) is 16.6 Å². The van der Waals surface area contributed by atoms with Crippen molar-refractivity contribution in [1.82, 2.24) is 4.72 Å². The van der Waals surface area contributed by atoms with Crippen LogP contribution in [0, 0.1) is 0 Å². The summed E-state index contributed by atoms with van der Waals surface area (Å²) in [6, 6.07) is 7.30. The van der Waals surface area contributed by atoms with E-state index in [1.54, 1.807) is 7.11 Å². The van der Waals surface area contributed by atoms with Crippen LogP contribution in [0.1, 0.15) is 18.9 Å². The topological polar surface area (TPSA) is 55.4 Å². The number of benzene rings is 1. The number of sulfonamides is 1. The number of hydrogen-bond acceptors (Lipinski definition) is 3. The smallest absolute Gasteiger partial charge is 0.211 e. The van der Waals surface area contributed by atoms with Crippen LogP contribution in [0.25, 0.3) is 0 Å². The Bertz CT molecular complexity index is 411. The van der Waals surface area contributed by atoms with Crippen LogP contribution in [-0.4, -0.2) is 21.3 Å². The Labute approximate surface area is 96.7 Å². The Balaban J connectivity index is 2.54. The summed E-state index contributed by atoms with van der Waals surface area (Å²) < 4.78 is 30.3. The second kappa shape index (κ2) is 5.86. The number of ether oxygens (including phenoxy) is 1. The van der Waals surface area contributed by atoms with Crippen LogP contribution in [0.5, 0.6) is 5.75 Å². The lowest BCUT2D eigenvalue weighted by Gasteiger charge is -2.06. The van der Waals surface area contributed by atoms with Crippen LogP contribution in [0.4, 0.5) is 0 Å². The molecule has 0 aliphatic heterocycles. The van der Waals surface area contributed by atoms with E-state index in [0.717, 1.165) is 11.3 Å². The third-order valence-corrected chi connectivity index (χ3v) is 3.66. The molecule has 1 aromatic rings. The van der Waals surface area contributed by atoms with Crippen LogP contribution in [0.3, 0.4) is 0 Å². The van der Waals surface area contributed by atoms with E-state index in [4.69, 9.17) is 4.74 Å². The maximum absolute atomic E-state index is 11.4. The molecule has 0 aromatic heterocycles. The molecule has 0 saturated carbocycles. The molecule has 0 radical (unpaired) electrons. The summed E-state index contributed by atoms with van der Waals surface area (Å²) >= 11 is 0.